The van der Waals surface area contributed by atoms with Gasteiger partial charge in [-0.1, -0.05) is 54.6 Å². The molecule has 0 radical (unpaired) electrons. The molecule has 0 aliphatic carbocycles. The van der Waals surface area contributed by atoms with Crippen molar-refractivity contribution >= 4 is 5.57 Å². The van der Waals surface area contributed by atoms with Gasteiger partial charge >= 0.3 is 0 Å². The molecule has 0 N–H and O–H groups in total. The second kappa shape index (κ2) is 6.02. The van der Waals surface area contributed by atoms with Crippen molar-refractivity contribution in [1.82, 2.24) is 0 Å². The zero-order valence-corrected chi connectivity index (χ0v) is 9.70. The minimum atomic E-state index is 1.27. The monoisotopic (exact) mass is 198 g/mol. The van der Waals surface area contributed by atoms with Gasteiger partial charge in [0.15, 0.2) is 0 Å². The van der Waals surface area contributed by atoms with E-state index in [1.54, 1.807) is 0 Å². The average Bonchev–Trinajstić information content (AvgIpc) is 2.26. The van der Waals surface area contributed by atoms with Crippen molar-refractivity contribution in [3.8, 4) is 0 Å². The maximum absolute atomic E-state index is 2.16. The molecule has 0 heteroatoms. The van der Waals surface area contributed by atoms with Crippen LogP contribution in [0.1, 0.15) is 25.0 Å². The van der Waals surface area contributed by atoms with Gasteiger partial charge in [0.05, 0.1) is 0 Å². The van der Waals surface area contributed by atoms with Crippen molar-refractivity contribution in [3.63, 3.8) is 0 Å². The zero-order valence-electron chi connectivity index (χ0n) is 9.70. The highest BCUT2D eigenvalue weighted by molar-refractivity contribution is 5.75. The minimum Gasteiger partial charge on any atom is -0.0877 e. The van der Waals surface area contributed by atoms with Crippen molar-refractivity contribution in [2.45, 2.75) is 20.8 Å². The Balaban J connectivity index is 2.99. The lowest BCUT2D eigenvalue weighted by atomic mass is 10.00. The molecule has 15 heavy (non-hydrogen) atoms. The highest BCUT2D eigenvalue weighted by Crippen LogP contribution is 2.19. The fourth-order valence-corrected chi connectivity index (χ4v) is 1.51. The molecule has 0 aliphatic rings. The molecule has 0 aromatic heterocycles. The third kappa shape index (κ3) is 3.25. The van der Waals surface area contributed by atoms with Crippen LogP contribution < -0.4 is 0 Å². The molecule has 0 spiro atoms. The van der Waals surface area contributed by atoms with Crippen LogP contribution in [0.2, 0.25) is 0 Å². The van der Waals surface area contributed by atoms with Crippen LogP contribution in [-0.4, -0.2) is 0 Å². The molecule has 1 aromatic rings. The standard InChI is InChI=1S/C15H18/c1-4-6-7-11-14(5-2)15-12-9-8-10-13(15)3/h4-12H,1-3H3/b6-4-,11-7-,14-5-. The van der Waals surface area contributed by atoms with Crippen LogP contribution in [0.3, 0.4) is 0 Å². The molecule has 0 heterocycles. The van der Waals surface area contributed by atoms with Gasteiger partial charge in [0.25, 0.3) is 0 Å². The molecule has 0 amide bonds. The first kappa shape index (κ1) is 11.5. The smallest absolute Gasteiger partial charge is 0.0158 e. The van der Waals surface area contributed by atoms with E-state index in [0.717, 1.165) is 0 Å². The third-order valence-corrected chi connectivity index (χ3v) is 2.35. The summed E-state index contributed by atoms with van der Waals surface area (Å²) in [6.45, 7) is 6.23. The van der Waals surface area contributed by atoms with Crippen LogP contribution in [0.4, 0.5) is 0 Å². The summed E-state index contributed by atoms with van der Waals surface area (Å²) in [6, 6.07) is 8.45. The lowest BCUT2D eigenvalue weighted by Gasteiger charge is -2.05. The van der Waals surface area contributed by atoms with E-state index in [-0.39, 0.29) is 0 Å². The second-order valence-corrected chi connectivity index (χ2v) is 3.44. The van der Waals surface area contributed by atoms with Crippen LogP contribution in [0.5, 0.6) is 0 Å². The highest BCUT2D eigenvalue weighted by Gasteiger charge is 1.98. The number of allylic oxidation sites excluding steroid dienone is 6. The fourth-order valence-electron chi connectivity index (χ4n) is 1.51. The number of aryl methyl sites for hydroxylation is 1. The predicted molar refractivity (Wildman–Crippen MR) is 68.8 cm³/mol. The van der Waals surface area contributed by atoms with E-state index in [9.17, 15) is 0 Å². The van der Waals surface area contributed by atoms with Gasteiger partial charge < -0.3 is 0 Å². The maximum Gasteiger partial charge on any atom is -0.0158 e. The maximum atomic E-state index is 2.16. The number of hydrogen-bond donors (Lipinski definition) is 0. The summed E-state index contributed by atoms with van der Waals surface area (Å²) in [5, 5.41) is 0. The van der Waals surface area contributed by atoms with Gasteiger partial charge in [-0.15, -0.1) is 0 Å². The van der Waals surface area contributed by atoms with E-state index in [4.69, 9.17) is 0 Å². The molecule has 78 valence electrons. The first-order valence-electron chi connectivity index (χ1n) is 5.31. The van der Waals surface area contributed by atoms with Crippen LogP contribution in [0, 0.1) is 6.92 Å². The van der Waals surface area contributed by atoms with Crippen molar-refractivity contribution in [1.29, 1.82) is 0 Å². The second-order valence-electron chi connectivity index (χ2n) is 3.44. The molecule has 0 nitrogen and oxygen atoms in total. The number of benzene rings is 1. The summed E-state index contributed by atoms with van der Waals surface area (Å²) in [5.74, 6) is 0. The zero-order chi connectivity index (χ0) is 11.1. The first-order chi connectivity index (χ1) is 7.29. The lowest BCUT2D eigenvalue weighted by Crippen LogP contribution is -1.84. The minimum absolute atomic E-state index is 1.27. The van der Waals surface area contributed by atoms with Crippen LogP contribution in [-0.2, 0) is 0 Å². The third-order valence-electron chi connectivity index (χ3n) is 2.35. The number of hydrogen-bond acceptors (Lipinski definition) is 0. The molecule has 0 saturated carbocycles. The van der Waals surface area contributed by atoms with Gasteiger partial charge in [-0.25, -0.2) is 0 Å². The Hall–Kier alpha value is -1.56. The van der Waals surface area contributed by atoms with Gasteiger partial charge in [0, 0.05) is 0 Å². The molecule has 0 unspecified atom stereocenters. The summed E-state index contributed by atoms with van der Waals surface area (Å²) < 4.78 is 0. The first-order valence-corrected chi connectivity index (χ1v) is 5.31. The van der Waals surface area contributed by atoms with Gasteiger partial charge in [-0.05, 0) is 37.5 Å². The average molecular weight is 198 g/mol. The number of rotatable bonds is 3. The Bertz CT molecular complexity index is 392. The lowest BCUT2D eigenvalue weighted by molar-refractivity contribution is 1.42. The molecular weight excluding hydrogens is 180 g/mol. The van der Waals surface area contributed by atoms with Crippen LogP contribution in [0.25, 0.3) is 5.57 Å². The molecule has 0 fully saturated rings. The van der Waals surface area contributed by atoms with Gasteiger partial charge in [-0.3, -0.25) is 0 Å². The normalized spacial score (nSPS) is 12.9. The molecule has 0 aliphatic heterocycles. The Kier molecular flexibility index (Phi) is 4.62. The Morgan fingerprint density at radius 1 is 1.07 bits per heavy atom. The summed E-state index contributed by atoms with van der Waals surface area (Å²) in [5.41, 5.74) is 3.89. The van der Waals surface area contributed by atoms with E-state index in [1.165, 1.54) is 16.7 Å². The molecule has 1 rings (SSSR count). The van der Waals surface area contributed by atoms with Gasteiger partial charge in [0.1, 0.15) is 0 Å². The Morgan fingerprint density at radius 2 is 1.80 bits per heavy atom. The summed E-state index contributed by atoms with van der Waals surface area (Å²) in [4.78, 5) is 0. The SMILES string of the molecule is C\C=C/C=C\C(=C\C)c1ccccc1C. The quantitative estimate of drug-likeness (QED) is 0.626. The highest BCUT2D eigenvalue weighted by atomic mass is 14.0. The Morgan fingerprint density at radius 3 is 2.40 bits per heavy atom. The largest absolute Gasteiger partial charge is 0.0877 e. The molecular formula is C15H18. The van der Waals surface area contributed by atoms with Crippen molar-refractivity contribution < 1.29 is 0 Å². The van der Waals surface area contributed by atoms with Crippen molar-refractivity contribution in [2.24, 2.45) is 0 Å². The molecule has 0 atom stereocenters. The summed E-state index contributed by atoms with van der Waals surface area (Å²) in [6.07, 6.45) is 10.4. The molecule has 1 aromatic carbocycles. The van der Waals surface area contributed by atoms with Crippen LogP contribution >= 0.6 is 0 Å². The van der Waals surface area contributed by atoms with E-state index >= 15 is 0 Å². The summed E-state index contributed by atoms with van der Waals surface area (Å²) in [7, 11) is 0. The van der Waals surface area contributed by atoms with Gasteiger partial charge in [-0.2, -0.15) is 0 Å². The van der Waals surface area contributed by atoms with Crippen LogP contribution in [0.15, 0.2) is 54.6 Å². The Labute approximate surface area is 92.6 Å². The van der Waals surface area contributed by atoms with E-state index in [2.05, 4.69) is 56.3 Å². The van der Waals surface area contributed by atoms with E-state index in [1.807, 2.05) is 19.1 Å². The summed E-state index contributed by atoms with van der Waals surface area (Å²) >= 11 is 0. The molecule has 0 bridgehead atoms. The van der Waals surface area contributed by atoms with Crippen molar-refractivity contribution in [2.75, 3.05) is 0 Å². The van der Waals surface area contributed by atoms with Crippen molar-refractivity contribution in [3.05, 3.63) is 65.8 Å². The van der Waals surface area contributed by atoms with E-state index < -0.39 is 0 Å². The van der Waals surface area contributed by atoms with Gasteiger partial charge in [0.2, 0.25) is 0 Å². The topological polar surface area (TPSA) is 0 Å². The molecule has 0 saturated heterocycles. The van der Waals surface area contributed by atoms with E-state index in [0.29, 0.717) is 0 Å². The predicted octanol–water partition coefficient (Wildman–Crippen LogP) is 4.53. The fraction of sp³-hybridized carbons (Fsp3) is 0.200.